The first-order chi connectivity index (χ1) is 21.8. The number of ether oxygens (including phenoxy) is 5. The number of rotatable bonds is 8. The minimum Gasteiger partial charge on any atom is -0.455 e. The van der Waals surface area contributed by atoms with Crippen LogP contribution in [-0.2, 0) is 42.9 Å². The molecule has 0 aliphatic carbocycles. The van der Waals surface area contributed by atoms with Crippen LogP contribution in [0.25, 0.3) is 0 Å². The van der Waals surface area contributed by atoms with Gasteiger partial charge in [-0.2, -0.15) is 0 Å². The molecule has 3 rings (SSSR count). The maximum atomic E-state index is 14.2. The molecule has 0 spiro atoms. The van der Waals surface area contributed by atoms with Gasteiger partial charge in [-0.3, -0.25) is 9.59 Å². The fourth-order valence-electron chi connectivity index (χ4n) is 7.43. The molecule has 3 aliphatic rings. The summed E-state index contributed by atoms with van der Waals surface area (Å²) in [4.78, 5) is 67.8. The number of aliphatic hydroxyl groups is 3. The molecule has 0 aromatic carbocycles. The standard InChI is InChI=1S/C32H52N2O13/c1-10-21-31(7)24(33-29(41)47-31)18(4)22(37)16(2)14-30(6,43-12-11-35)26(19(5)25(39)32(42,15-36)28(40)45-21)46-27-23(38)20(34(8)9)13-17(3)44-27/h11,16-21,23-24,26-27,36,38,42H,10,12-15H2,1-9H3,(H,33,41)/t16-,17-,18+,19+,20+,21-,23-,24-,26-,27+,30+,31-,32?/m1/s1. The molecule has 0 saturated carbocycles. The van der Waals surface area contributed by atoms with E-state index in [0.717, 1.165) is 0 Å². The maximum Gasteiger partial charge on any atom is 0.408 e. The second-order valence-corrected chi connectivity index (χ2v) is 13.9. The summed E-state index contributed by atoms with van der Waals surface area (Å²) in [5.74, 6) is -6.23. The third kappa shape index (κ3) is 7.56. The van der Waals surface area contributed by atoms with Crippen molar-refractivity contribution in [2.45, 2.75) is 127 Å². The number of amides is 1. The van der Waals surface area contributed by atoms with Gasteiger partial charge in [-0.25, -0.2) is 9.59 Å². The average molecular weight is 673 g/mol. The Labute approximate surface area is 275 Å². The first-order valence-electron chi connectivity index (χ1n) is 16.2. The minimum absolute atomic E-state index is 0.0564. The van der Waals surface area contributed by atoms with Crippen LogP contribution in [0, 0.1) is 17.8 Å². The summed E-state index contributed by atoms with van der Waals surface area (Å²) in [6, 6.07) is -1.41. The van der Waals surface area contributed by atoms with E-state index >= 15 is 0 Å². The Morgan fingerprint density at radius 1 is 1.09 bits per heavy atom. The lowest BCUT2D eigenvalue weighted by Gasteiger charge is -2.47. The largest absolute Gasteiger partial charge is 0.455 e. The second-order valence-electron chi connectivity index (χ2n) is 13.9. The molecule has 15 nitrogen and oxygen atoms in total. The highest BCUT2D eigenvalue weighted by Crippen LogP contribution is 2.40. The number of hydrogen-bond donors (Lipinski definition) is 4. The number of carbonyl (C=O) groups is 5. The Morgan fingerprint density at radius 3 is 2.28 bits per heavy atom. The SMILES string of the molecule is CC[C@H]1OC(=O)C(O)(CO)C(=O)[C@H](C)[C@@H](O[C@@H]2O[C@H](C)C[C@H](N(C)C)[C@H]2O)[C@@](C)(OCC=O)C[C@@H](C)C(=O)[C@H](C)[C@H]2NC(=O)O[C@@]21C. The van der Waals surface area contributed by atoms with Crippen LogP contribution in [0.1, 0.15) is 67.7 Å². The van der Waals surface area contributed by atoms with Crippen LogP contribution in [0.3, 0.4) is 0 Å². The van der Waals surface area contributed by atoms with Crippen molar-refractivity contribution < 1.29 is 63.0 Å². The Morgan fingerprint density at radius 2 is 1.72 bits per heavy atom. The summed E-state index contributed by atoms with van der Waals surface area (Å²) < 4.78 is 29.6. The Hall–Kier alpha value is -2.53. The summed E-state index contributed by atoms with van der Waals surface area (Å²) in [7, 11) is 3.56. The zero-order chi connectivity index (χ0) is 35.6. The number of hydrogen-bond acceptors (Lipinski definition) is 14. The van der Waals surface area contributed by atoms with Crippen molar-refractivity contribution in [3.63, 3.8) is 0 Å². The number of likely N-dealkylation sites (N-methyl/N-ethyl adjacent to an activating group) is 1. The van der Waals surface area contributed by atoms with Gasteiger partial charge in [0.1, 0.15) is 30.9 Å². The van der Waals surface area contributed by atoms with Crippen LogP contribution in [0.4, 0.5) is 4.79 Å². The molecular weight excluding hydrogens is 620 g/mol. The molecule has 3 saturated heterocycles. The summed E-state index contributed by atoms with van der Waals surface area (Å²) in [6.07, 6.45) is -5.63. The highest BCUT2D eigenvalue weighted by atomic mass is 16.7. The number of esters is 1. The van der Waals surface area contributed by atoms with Crippen LogP contribution >= 0.6 is 0 Å². The number of cyclic esters (lactones) is 1. The number of carbonyl (C=O) groups excluding carboxylic acids is 5. The van der Waals surface area contributed by atoms with E-state index in [4.69, 9.17) is 23.7 Å². The fraction of sp³-hybridized carbons (Fsp3) is 0.844. The van der Waals surface area contributed by atoms with Gasteiger partial charge in [0.25, 0.3) is 0 Å². The van der Waals surface area contributed by atoms with E-state index in [1.165, 1.54) is 20.8 Å². The first-order valence-corrected chi connectivity index (χ1v) is 16.2. The van der Waals surface area contributed by atoms with Crippen molar-refractivity contribution in [2.75, 3.05) is 27.3 Å². The van der Waals surface area contributed by atoms with E-state index in [0.29, 0.717) is 12.7 Å². The molecule has 1 unspecified atom stereocenters. The fourth-order valence-corrected chi connectivity index (χ4v) is 7.43. The summed E-state index contributed by atoms with van der Waals surface area (Å²) in [6.45, 7) is 9.13. The molecule has 13 atom stereocenters. The molecule has 47 heavy (non-hydrogen) atoms. The number of nitrogens with one attached hydrogen (secondary N) is 1. The molecule has 0 bridgehead atoms. The minimum atomic E-state index is -3.11. The molecule has 268 valence electrons. The lowest BCUT2D eigenvalue weighted by Crippen LogP contribution is -2.63. The van der Waals surface area contributed by atoms with Gasteiger partial charge in [0.2, 0.25) is 5.60 Å². The van der Waals surface area contributed by atoms with E-state index in [9.17, 15) is 39.3 Å². The van der Waals surface area contributed by atoms with Crippen molar-refractivity contribution in [1.29, 1.82) is 0 Å². The van der Waals surface area contributed by atoms with Crippen LogP contribution in [-0.4, -0.2) is 137 Å². The monoisotopic (exact) mass is 672 g/mol. The van der Waals surface area contributed by atoms with Crippen molar-refractivity contribution in [3.8, 4) is 0 Å². The molecule has 0 aromatic rings. The number of nitrogens with zero attached hydrogens (tertiary/aromatic N) is 1. The molecule has 3 heterocycles. The molecule has 15 heteroatoms. The lowest BCUT2D eigenvalue weighted by atomic mass is 9.73. The van der Waals surface area contributed by atoms with Gasteiger partial charge in [0.15, 0.2) is 17.7 Å². The predicted octanol–water partition coefficient (Wildman–Crippen LogP) is 0.134. The molecule has 0 radical (unpaired) electrons. The summed E-state index contributed by atoms with van der Waals surface area (Å²) in [5, 5.41) is 35.8. The number of ketones is 2. The van der Waals surface area contributed by atoms with Gasteiger partial charge in [-0.15, -0.1) is 0 Å². The predicted molar refractivity (Wildman–Crippen MR) is 164 cm³/mol. The van der Waals surface area contributed by atoms with E-state index in [2.05, 4.69) is 5.32 Å². The Balaban J connectivity index is 2.22. The van der Waals surface area contributed by atoms with E-state index in [-0.39, 0.29) is 18.6 Å². The molecule has 3 fully saturated rings. The van der Waals surface area contributed by atoms with Gasteiger partial charge in [0.05, 0.1) is 30.5 Å². The van der Waals surface area contributed by atoms with Crippen LogP contribution in [0.15, 0.2) is 0 Å². The Bertz CT molecular complexity index is 1180. The topological polar surface area (TPSA) is 207 Å². The van der Waals surface area contributed by atoms with Crippen molar-refractivity contribution in [1.82, 2.24) is 10.2 Å². The number of Topliss-reactive ketones (excluding diaryl/α,β-unsaturated/α-hetero) is 2. The highest BCUT2D eigenvalue weighted by molar-refractivity contribution is 6.08. The third-order valence-corrected chi connectivity index (χ3v) is 10.1. The average Bonchev–Trinajstić information content (AvgIpc) is 3.34. The smallest absolute Gasteiger partial charge is 0.408 e. The molecule has 3 aliphatic heterocycles. The maximum absolute atomic E-state index is 14.2. The zero-order valence-electron chi connectivity index (χ0n) is 28.8. The van der Waals surface area contributed by atoms with Crippen LogP contribution < -0.4 is 5.32 Å². The number of alkyl carbamates (subject to hydrolysis) is 1. The van der Waals surface area contributed by atoms with Crippen LogP contribution in [0.5, 0.6) is 0 Å². The van der Waals surface area contributed by atoms with Gasteiger partial charge >= 0.3 is 12.1 Å². The van der Waals surface area contributed by atoms with Crippen LogP contribution in [0.2, 0.25) is 0 Å². The van der Waals surface area contributed by atoms with Crippen molar-refractivity contribution >= 4 is 29.9 Å². The highest BCUT2D eigenvalue weighted by Gasteiger charge is 2.60. The van der Waals surface area contributed by atoms with Gasteiger partial charge in [0, 0.05) is 23.8 Å². The molecule has 0 aromatic heterocycles. The van der Waals surface area contributed by atoms with Gasteiger partial charge < -0.3 is 54.0 Å². The van der Waals surface area contributed by atoms with Crippen molar-refractivity contribution in [3.05, 3.63) is 0 Å². The molecule has 4 N–H and O–H groups in total. The number of aliphatic hydroxyl groups excluding tert-OH is 2. The van der Waals surface area contributed by atoms with E-state index in [1.54, 1.807) is 46.7 Å². The van der Waals surface area contributed by atoms with Gasteiger partial charge in [-0.05, 0) is 54.1 Å². The summed E-state index contributed by atoms with van der Waals surface area (Å²) in [5.41, 5.74) is -6.36. The Kier molecular flexibility index (Phi) is 12.4. The quantitative estimate of drug-likeness (QED) is 0.154. The van der Waals surface area contributed by atoms with E-state index < -0.39 is 108 Å². The molecule has 1 amide bonds. The summed E-state index contributed by atoms with van der Waals surface area (Å²) >= 11 is 0. The third-order valence-electron chi connectivity index (χ3n) is 10.1. The number of fused-ring (bicyclic) bond motifs is 1. The first kappa shape index (κ1) is 38.9. The lowest BCUT2D eigenvalue weighted by molar-refractivity contribution is -0.297. The van der Waals surface area contributed by atoms with Gasteiger partial charge in [-0.1, -0.05) is 27.7 Å². The van der Waals surface area contributed by atoms with E-state index in [1.807, 2.05) is 0 Å². The normalized spacial score (nSPS) is 43.9. The number of aldehydes is 1. The second kappa shape index (κ2) is 14.9. The molecular formula is C32H52N2O13. The van der Waals surface area contributed by atoms with Crippen molar-refractivity contribution in [2.24, 2.45) is 17.8 Å². The zero-order valence-corrected chi connectivity index (χ0v) is 28.8.